The molecule has 102 valence electrons. The number of carbonyl (C=O) groups is 1. The molecule has 1 atom stereocenters. The second kappa shape index (κ2) is 7.60. The number of aryl methyl sites for hydroxylation is 1. The van der Waals surface area contributed by atoms with Crippen LogP contribution in [0.1, 0.15) is 38.3 Å². The van der Waals surface area contributed by atoms with Crippen LogP contribution >= 0.6 is 0 Å². The monoisotopic (exact) mass is 258 g/mol. The SMILES string of the molecule is CCc1cc(C#CCN)ccc1NC(=O)C(C)CC. The highest BCUT2D eigenvalue weighted by atomic mass is 16.1. The van der Waals surface area contributed by atoms with E-state index in [0.29, 0.717) is 6.54 Å². The van der Waals surface area contributed by atoms with Crippen LogP contribution in [0.4, 0.5) is 5.69 Å². The van der Waals surface area contributed by atoms with E-state index in [-0.39, 0.29) is 11.8 Å². The van der Waals surface area contributed by atoms with Gasteiger partial charge in [0.2, 0.25) is 5.91 Å². The maximum atomic E-state index is 11.9. The smallest absolute Gasteiger partial charge is 0.227 e. The zero-order valence-electron chi connectivity index (χ0n) is 11.9. The number of hydrogen-bond donors (Lipinski definition) is 2. The molecule has 3 heteroatoms. The summed E-state index contributed by atoms with van der Waals surface area (Å²) in [4.78, 5) is 11.9. The maximum Gasteiger partial charge on any atom is 0.227 e. The minimum absolute atomic E-state index is 0.0291. The van der Waals surface area contributed by atoms with Crippen molar-refractivity contribution in [3.05, 3.63) is 29.3 Å². The van der Waals surface area contributed by atoms with E-state index in [1.54, 1.807) is 0 Å². The molecule has 0 radical (unpaired) electrons. The summed E-state index contributed by atoms with van der Waals surface area (Å²) < 4.78 is 0. The zero-order valence-corrected chi connectivity index (χ0v) is 11.9. The van der Waals surface area contributed by atoms with Crippen molar-refractivity contribution in [3.8, 4) is 11.8 Å². The molecule has 0 spiro atoms. The van der Waals surface area contributed by atoms with Crippen molar-refractivity contribution < 1.29 is 4.79 Å². The largest absolute Gasteiger partial charge is 0.326 e. The van der Waals surface area contributed by atoms with E-state index in [9.17, 15) is 4.79 Å². The van der Waals surface area contributed by atoms with Gasteiger partial charge < -0.3 is 11.1 Å². The third-order valence-electron chi connectivity index (χ3n) is 3.14. The molecule has 0 aliphatic carbocycles. The Kier molecular flexibility index (Phi) is 6.11. The van der Waals surface area contributed by atoms with Gasteiger partial charge in [-0.25, -0.2) is 0 Å². The summed E-state index contributed by atoms with van der Waals surface area (Å²) in [5.74, 6) is 5.94. The van der Waals surface area contributed by atoms with Gasteiger partial charge in [-0.3, -0.25) is 4.79 Å². The molecule has 19 heavy (non-hydrogen) atoms. The van der Waals surface area contributed by atoms with Crippen molar-refractivity contribution in [2.75, 3.05) is 11.9 Å². The Morgan fingerprint density at radius 3 is 2.74 bits per heavy atom. The van der Waals surface area contributed by atoms with Gasteiger partial charge in [-0.05, 0) is 36.6 Å². The Hall–Kier alpha value is -1.79. The van der Waals surface area contributed by atoms with Crippen molar-refractivity contribution >= 4 is 11.6 Å². The minimum atomic E-state index is 0.0291. The Morgan fingerprint density at radius 1 is 1.42 bits per heavy atom. The Morgan fingerprint density at radius 2 is 2.16 bits per heavy atom. The van der Waals surface area contributed by atoms with Crippen LogP contribution < -0.4 is 11.1 Å². The van der Waals surface area contributed by atoms with Crippen molar-refractivity contribution in [2.24, 2.45) is 11.7 Å². The second-order valence-corrected chi connectivity index (χ2v) is 4.53. The lowest BCUT2D eigenvalue weighted by atomic mass is 10.0. The topological polar surface area (TPSA) is 55.1 Å². The van der Waals surface area contributed by atoms with Crippen molar-refractivity contribution in [3.63, 3.8) is 0 Å². The summed E-state index contributed by atoms with van der Waals surface area (Å²) >= 11 is 0. The van der Waals surface area contributed by atoms with Gasteiger partial charge in [-0.15, -0.1) is 0 Å². The molecule has 0 saturated heterocycles. The first-order valence-corrected chi connectivity index (χ1v) is 6.75. The summed E-state index contributed by atoms with van der Waals surface area (Å²) in [6.45, 7) is 6.36. The molecule has 0 saturated carbocycles. The first kappa shape index (κ1) is 15.3. The predicted molar refractivity (Wildman–Crippen MR) is 79.8 cm³/mol. The van der Waals surface area contributed by atoms with E-state index in [1.165, 1.54) is 0 Å². The fourth-order valence-electron chi connectivity index (χ4n) is 1.68. The molecule has 0 aromatic heterocycles. The number of rotatable bonds is 4. The highest BCUT2D eigenvalue weighted by Gasteiger charge is 2.12. The zero-order chi connectivity index (χ0) is 14.3. The van der Waals surface area contributed by atoms with Gasteiger partial charge in [-0.1, -0.05) is 32.6 Å². The van der Waals surface area contributed by atoms with Gasteiger partial charge >= 0.3 is 0 Å². The number of nitrogens with two attached hydrogens (primary N) is 1. The van der Waals surface area contributed by atoms with Gasteiger partial charge in [-0.2, -0.15) is 0 Å². The molecule has 1 amide bonds. The molecule has 3 nitrogen and oxygen atoms in total. The Balaban J connectivity index is 2.93. The van der Waals surface area contributed by atoms with Crippen LogP contribution in [0.5, 0.6) is 0 Å². The highest BCUT2D eigenvalue weighted by molar-refractivity contribution is 5.93. The van der Waals surface area contributed by atoms with Crippen LogP contribution in [0.2, 0.25) is 0 Å². The molecular weight excluding hydrogens is 236 g/mol. The van der Waals surface area contributed by atoms with Crippen LogP contribution in [0.15, 0.2) is 18.2 Å². The number of carbonyl (C=O) groups excluding carboxylic acids is 1. The fourth-order valence-corrected chi connectivity index (χ4v) is 1.68. The number of benzene rings is 1. The van der Waals surface area contributed by atoms with Crippen LogP contribution in [-0.4, -0.2) is 12.5 Å². The molecule has 0 fully saturated rings. The number of anilines is 1. The van der Waals surface area contributed by atoms with Gasteiger partial charge in [0.25, 0.3) is 0 Å². The van der Waals surface area contributed by atoms with E-state index in [4.69, 9.17) is 5.73 Å². The van der Waals surface area contributed by atoms with E-state index < -0.39 is 0 Å². The van der Waals surface area contributed by atoms with Crippen molar-refractivity contribution in [1.29, 1.82) is 0 Å². The highest BCUT2D eigenvalue weighted by Crippen LogP contribution is 2.19. The molecule has 1 aromatic carbocycles. The van der Waals surface area contributed by atoms with Crippen LogP contribution in [0, 0.1) is 17.8 Å². The number of hydrogen-bond acceptors (Lipinski definition) is 2. The number of amides is 1. The Labute approximate surface area is 115 Å². The maximum absolute atomic E-state index is 11.9. The summed E-state index contributed by atoms with van der Waals surface area (Å²) in [7, 11) is 0. The second-order valence-electron chi connectivity index (χ2n) is 4.53. The van der Waals surface area contributed by atoms with E-state index in [0.717, 1.165) is 29.7 Å². The quantitative estimate of drug-likeness (QED) is 0.815. The third-order valence-corrected chi connectivity index (χ3v) is 3.14. The molecule has 1 rings (SSSR count). The first-order chi connectivity index (χ1) is 9.12. The van der Waals surface area contributed by atoms with Gasteiger partial charge in [0.1, 0.15) is 0 Å². The van der Waals surface area contributed by atoms with Crippen molar-refractivity contribution in [2.45, 2.75) is 33.6 Å². The molecule has 0 aliphatic heterocycles. The minimum Gasteiger partial charge on any atom is -0.326 e. The molecule has 0 heterocycles. The van der Waals surface area contributed by atoms with E-state index in [2.05, 4.69) is 24.1 Å². The van der Waals surface area contributed by atoms with Gasteiger partial charge in [0.15, 0.2) is 0 Å². The molecule has 1 aromatic rings. The first-order valence-electron chi connectivity index (χ1n) is 6.75. The molecule has 3 N–H and O–H groups in total. The molecule has 0 aliphatic rings. The molecule has 1 unspecified atom stereocenters. The summed E-state index contributed by atoms with van der Waals surface area (Å²) in [6.07, 6.45) is 1.70. The predicted octanol–water partition coefficient (Wildman–Crippen LogP) is 2.54. The summed E-state index contributed by atoms with van der Waals surface area (Å²) in [5.41, 5.74) is 8.27. The average Bonchev–Trinajstić information content (AvgIpc) is 2.44. The number of nitrogens with one attached hydrogen (secondary N) is 1. The van der Waals surface area contributed by atoms with Crippen LogP contribution in [0.25, 0.3) is 0 Å². The fraction of sp³-hybridized carbons (Fsp3) is 0.438. The van der Waals surface area contributed by atoms with Crippen molar-refractivity contribution in [1.82, 2.24) is 0 Å². The Bertz CT molecular complexity index is 497. The lowest BCUT2D eigenvalue weighted by Crippen LogP contribution is -2.20. The normalized spacial score (nSPS) is 11.4. The summed E-state index contributed by atoms with van der Waals surface area (Å²) in [5, 5.41) is 2.98. The molecular formula is C16H22N2O. The van der Waals surface area contributed by atoms with Gasteiger partial charge in [0.05, 0.1) is 6.54 Å². The molecule has 0 bridgehead atoms. The lowest BCUT2D eigenvalue weighted by Gasteiger charge is -2.13. The standard InChI is InChI=1S/C16H22N2O/c1-4-12(3)16(19)18-15-9-8-13(7-6-10-17)11-14(15)5-2/h8-9,11-12H,4-5,10,17H2,1-3H3,(H,18,19). The van der Waals surface area contributed by atoms with E-state index >= 15 is 0 Å². The van der Waals surface area contributed by atoms with Crippen LogP contribution in [0.3, 0.4) is 0 Å². The van der Waals surface area contributed by atoms with E-state index in [1.807, 2.05) is 32.0 Å². The lowest BCUT2D eigenvalue weighted by molar-refractivity contribution is -0.119. The average molecular weight is 258 g/mol. The van der Waals surface area contributed by atoms with Crippen LogP contribution in [-0.2, 0) is 11.2 Å². The third kappa shape index (κ3) is 4.42. The van der Waals surface area contributed by atoms with Gasteiger partial charge in [0, 0.05) is 17.2 Å². The summed E-state index contributed by atoms with van der Waals surface area (Å²) in [6, 6.07) is 5.84.